The van der Waals surface area contributed by atoms with Crippen molar-refractivity contribution in [1.82, 2.24) is 9.88 Å². The van der Waals surface area contributed by atoms with E-state index in [9.17, 15) is 8.42 Å². The highest BCUT2D eigenvalue weighted by atomic mass is 32.2. The molecule has 140 valence electrons. The number of hydrogen-bond donors (Lipinski definition) is 1. The van der Waals surface area contributed by atoms with E-state index in [1.807, 2.05) is 19.1 Å². The van der Waals surface area contributed by atoms with Crippen molar-refractivity contribution in [1.29, 1.82) is 0 Å². The van der Waals surface area contributed by atoms with E-state index >= 15 is 0 Å². The standard InChI is InChI=1S/C18H30N4O2S/c1-2-17(25(19,23)24)13-15-7-8-18(20-14-15)22-11-9-21(10-12-22)16-5-3-4-6-16/h7-8,14,16-17H,2-6,9-13H2,1H3,(H2,19,23,24). The van der Waals surface area contributed by atoms with Crippen molar-refractivity contribution in [2.75, 3.05) is 31.1 Å². The van der Waals surface area contributed by atoms with Crippen LogP contribution in [0.25, 0.3) is 0 Å². The Kier molecular flexibility index (Phi) is 5.96. The molecule has 7 heteroatoms. The van der Waals surface area contributed by atoms with Gasteiger partial charge >= 0.3 is 0 Å². The molecule has 0 spiro atoms. The molecule has 6 nitrogen and oxygen atoms in total. The highest BCUT2D eigenvalue weighted by Crippen LogP contribution is 2.25. The summed E-state index contributed by atoms with van der Waals surface area (Å²) in [7, 11) is -3.50. The molecule has 1 atom stereocenters. The van der Waals surface area contributed by atoms with Crippen molar-refractivity contribution in [2.45, 2.75) is 56.7 Å². The van der Waals surface area contributed by atoms with E-state index in [4.69, 9.17) is 5.14 Å². The minimum absolute atomic E-state index is 0.429. The summed E-state index contributed by atoms with van der Waals surface area (Å²) in [6.45, 7) is 6.09. The van der Waals surface area contributed by atoms with Crippen LogP contribution < -0.4 is 10.0 Å². The van der Waals surface area contributed by atoms with Gasteiger partial charge in [-0.05, 0) is 37.3 Å². The van der Waals surface area contributed by atoms with Crippen LogP contribution >= 0.6 is 0 Å². The van der Waals surface area contributed by atoms with Crippen LogP contribution in [-0.2, 0) is 16.4 Å². The van der Waals surface area contributed by atoms with Crippen LogP contribution in [0.15, 0.2) is 18.3 Å². The molecule has 2 heterocycles. The second-order valence-corrected chi connectivity index (χ2v) is 9.15. The van der Waals surface area contributed by atoms with Crippen LogP contribution in [0.1, 0.15) is 44.6 Å². The van der Waals surface area contributed by atoms with Crippen molar-refractivity contribution in [3.05, 3.63) is 23.9 Å². The van der Waals surface area contributed by atoms with Gasteiger partial charge in [0.15, 0.2) is 0 Å². The first-order chi connectivity index (χ1) is 12.0. The quantitative estimate of drug-likeness (QED) is 0.830. The molecule has 1 aromatic heterocycles. The lowest BCUT2D eigenvalue weighted by Gasteiger charge is -2.38. The SMILES string of the molecule is CCC(Cc1ccc(N2CCN(C3CCCC3)CC2)nc1)S(N)(=O)=O. The maximum Gasteiger partial charge on any atom is 0.212 e. The van der Waals surface area contributed by atoms with Gasteiger partial charge in [-0.15, -0.1) is 0 Å². The Hall–Kier alpha value is -1.18. The maximum absolute atomic E-state index is 11.6. The molecule has 0 amide bonds. The zero-order valence-electron chi connectivity index (χ0n) is 15.1. The second kappa shape index (κ2) is 8.01. The molecule has 1 saturated carbocycles. The van der Waals surface area contributed by atoms with Gasteiger partial charge in [-0.1, -0.05) is 25.8 Å². The molecule has 1 aliphatic carbocycles. The molecule has 3 rings (SSSR count). The number of aromatic nitrogens is 1. The highest BCUT2D eigenvalue weighted by molar-refractivity contribution is 7.89. The van der Waals surface area contributed by atoms with E-state index in [1.54, 1.807) is 6.20 Å². The number of hydrogen-bond acceptors (Lipinski definition) is 5. The summed E-state index contributed by atoms with van der Waals surface area (Å²) in [5.41, 5.74) is 0.925. The summed E-state index contributed by atoms with van der Waals surface area (Å²) in [5, 5.41) is 4.76. The number of pyridine rings is 1. The van der Waals surface area contributed by atoms with Gasteiger partial charge in [0.1, 0.15) is 5.82 Å². The monoisotopic (exact) mass is 366 g/mol. The van der Waals surface area contributed by atoms with Crippen LogP contribution in [-0.4, -0.2) is 55.8 Å². The Bertz CT molecular complexity index is 648. The predicted molar refractivity (Wildman–Crippen MR) is 101 cm³/mol. The first kappa shape index (κ1) is 18.6. The molecule has 2 fully saturated rings. The molecular weight excluding hydrogens is 336 g/mol. The third-order valence-corrected chi connectivity index (χ3v) is 7.10. The predicted octanol–water partition coefficient (Wildman–Crippen LogP) is 1.76. The first-order valence-corrected chi connectivity index (χ1v) is 11.0. The molecule has 25 heavy (non-hydrogen) atoms. The van der Waals surface area contributed by atoms with Gasteiger partial charge in [0, 0.05) is 38.4 Å². The number of nitrogens with zero attached hydrogens (tertiary/aromatic N) is 3. The van der Waals surface area contributed by atoms with Crippen molar-refractivity contribution >= 4 is 15.8 Å². The lowest BCUT2D eigenvalue weighted by Crippen LogP contribution is -2.50. The number of sulfonamides is 1. The second-order valence-electron chi connectivity index (χ2n) is 7.31. The molecule has 1 aliphatic heterocycles. The summed E-state index contributed by atoms with van der Waals surface area (Å²) in [4.78, 5) is 9.53. The van der Waals surface area contributed by atoms with E-state index in [2.05, 4.69) is 14.8 Å². The summed E-state index contributed by atoms with van der Waals surface area (Å²) >= 11 is 0. The molecule has 1 unspecified atom stereocenters. The van der Waals surface area contributed by atoms with Crippen molar-refractivity contribution in [3.63, 3.8) is 0 Å². The van der Waals surface area contributed by atoms with Gasteiger partial charge in [-0.25, -0.2) is 18.5 Å². The number of nitrogens with two attached hydrogens (primary N) is 1. The van der Waals surface area contributed by atoms with E-state index in [1.165, 1.54) is 25.7 Å². The third-order valence-electron chi connectivity index (χ3n) is 5.67. The Morgan fingerprint density at radius 2 is 1.88 bits per heavy atom. The minimum atomic E-state index is -3.50. The first-order valence-electron chi connectivity index (χ1n) is 9.43. The molecule has 0 aromatic carbocycles. The topological polar surface area (TPSA) is 79.5 Å². The molecule has 2 N–H and O–H groups in total. The van der Waals surface area contributed by atoms with Crippen LogP contribution in [0.5, 0.6) is 0 Å². The van der Waals surface area contributed by atoms with E-state index in [0.717, 1.165) is 43.6 Å². The average molecular weight is 367 g/mol. The number of anilines is 1. The van der Waals surface area contributed by atoms with Gasteiger partial charge in [-0.2, -0.15) is 0 Å². The van der Waals surface area contributed by atoms with Gasteiger partial charge in [-0.3, -0.25) is 4.90 Å². The zero-order valence-corrected chi connectivity index (χ0v) is 15.9. The Labute approximate surface area is 151 Å². The Morgan fingerprint density at radius 3 is 2.40 bits per heavy atom. The molecule has 0 radical (unpaired) electrons. The smallest absolute Gasteiger partial charge is 0.212 e. The van der Waals surface area contributed by atoms with Gasteiger partial charge in [0.25, 0.3) is 0 Å². The van der Waals surface area contributed by atoms with Gasteiger partial charge in [0.05, 0.1) is 5.25 Å². The maximum atomic E-state index is 11.6. The highest BCUT2D eigenvalue weighted by Gasteiger charge is 2.26. The third kappa shape index (κ3) is 4.71. The van der Waals surface area contributed by atoms with Crippen LogP contribution in [0.2, 0.25) is 0 Å². The zero-order chi connectivity index (χ0) is 17.9. The summed E-state index contributed by atoms with van der Waals surface area (Å²) in [6, 6.07) is 4.79. The molecule has 0 bridgehead atoms. The molecular formula is C18H30N4O2S. The number of rotatable bonds is 6. The van der Waals surface area contributed by atoms with E-state index in [0.29, 0.717) is 12.8 Å². The van der Waals surface area contributed by atoms with Crippen molar-refractivity contribution in [2.24, 2.45) is 5.14 Å². The fourth-order valence-corrected chi connectivity index (χ4v) is 4.96. The largest absolute Gasteiger partial charge is 0.354 e. The Morgan fingerprint density at radius 1 is 1.20 bits per heavy atom. The Balaban J connectivity index is 1.56. The lowest BCUT2D eigenvalue weighted by molar-refractivity contribution is 0.187. The summed E-state index contributed by atoms with van der Waals surface area (Å²) in [6.07, 6.45) is 8.22. The molecule has 1 saturated heterocycles. The van der Waals surface area contributed by atoms with Crippen LogP contribution in [0.3, 0.4) is 0 Å². The summed E-state index contributed by atoms with van der Waals surface area (Å²) < 4.78 is 23.1. The van der Waals surface area contributed by atoms with E-state index in [-0.39, 0.29) is 0 Å². The van der Waals surface area contributed by atoms with Gasteiger partial charge < -0.3 is 4.90 Å². The molecule has 1 aromatic rings. The fourth-order valence-electron chi connectivity index (χ4n) is 4.07. The normalized spacial score (nSPS) is 21.6. The molecule has 2 aliphatic rings. The average Bonchev–Trinajstić information content (AvgIpc) is 3.14. The van der Waals surface area contributed by atoms with E-state index < -0.39 is 15.3 Å². The van der Waals surface area contributed by atoms with Crippen molar-refractivity contribution in [3.8, 4) is 0 Å². The summed E-state index contributed by atoms with van der Waals surface area (Å²) in [5.74, 6) is 0.985. The van der Waals surface area contributed by atoms with Crippen LogP contribution in [0, 0.1) is 0 Å². The van der Waals surface area contributed by atoms with Gasteiger partial charge in [0.2, 0.25) is 10.0 Å². The fraction of sp³-hybridized carbons (Fsp3) is 0.722. The number of primary sulfonamides is 1. The minimum Gasteiger partial charge on any atom is -0.354 e. The van der Waals surface area contributed by atoms with Crippen LogP contribution in [0.4, 0.5) is 5.82 Å². The number of piperazine rings is 1. The van der Waals surface area contributed by atoms with Crippen molar-refractivity contribution < 1.29 is 8.42 Å². The lowest BCUT2D eigenvalue weighted by atomic mass is 10.1.